The van der Waals surface area contributed by atoms with Gasteiger partial charge in [0.05, 0.1) is 6.33 Å². The fourth-order valence-corrected chi connectivity index (χ4v) is 1.13. The van der Waals surface area contributed by atoms with Gasteiger partial charge in [-0.15, -0.1) is 0 Å². The third-order valence-electron chi connectivity index (χ3n) is 1.83. The highest BCUT2D eigenvalue weighted by Gasteiger charge is 2.08. The summed E-state index contributed by atoms with van der Waals surface area (Å²) in [7, 11) is 0. The van der Waals surface area contributed by atoms with Crippen LogP contribution >= 0.6 is 0 Å². The van der Waals surface area contributed by atoms with Crippen LogP contribution in [-0.4, -0.2) is 22.6 Å². The van der Waals surface area contributed by atoms with Gasteiger partial charge >= 0.3 is 0 Å². The van der Waals surface area contributed by atoms with E-state index < -0.39 is 0 Å². The first-order valence-electron chi connectivity index (χ1n) is 4.39. The summed E-state index contributed by atoms with van der Waals surface area (Å²) in [5, 5.41) is 20.6. The van der Waals surface area contributed by atoms with Gasteiger partial charge in [-0.25, -0.2) is 4.98 Å². The van der Waals surface area contributed by atoms with Crippen LogP contribution in [0.2, 0.25) is 0 Å². The van der Waals surface area contributed by atoms with Crippen LogP contribution in [0.5, 0.6) is 0 Å². The minimum Gasteiger partial charge on any atom is -0.320 e. The SMILES string of the molecule is CCNCCn1cnc(C#N)c1C#N. The number of hydrogen-bond acceptors (Lipinski definition) is 4. The van der Waals surface area contributed by atoms with Gasteiger partial charge in [0.2, 0.25) is 0 Å². The molecule has 1 rings (SSSR count). The lowest BCUT2D eigenvalue weighted by atomic mass is 10.3. The molecule has 14 heavy (non-hydrogen) atoms. The van der Waals surface area contributed by atoms with E-state index in [0.29, 0.717) is 12.2 Å². The lowest BCUT2D eigenvalue weighted by molar-refractivity contribution is 0.609. The Morgan fingerprint density at radius 1 is 1.50 bits per heavy atom. The van der Waals surface area contributed by atoms with Crippen LogP contribution in [0.25, 0.3) is 0 Å². The molecule has 5 nitrogen and oxygen atoms in total. The second-order valence-corrected chi connectivity index (χ2v) is 2.71. The Bertz CT molecular complexity index is 379. The number of likely N-dealkylation sites (N-methyl/N-ethyl adjacent to an activating group) is 1. The van der Waals surface area contributed by atoms with Crippen molar-refractivity contribution in [1.82, 2.24) is 14.9 Å². The molecule has 72 valence electrons. The molecule has 0 spiro atoms. The molecule has 1 heterocycles. The zero-order valence-electron chi connectivity index (χ0n) is 7.99. The van der Waals surface area contributed by atoms with Gasteiger partial charge in [-0.3, -0.25) is 0 Å². The fourth-order valence-electron chi connectivity index (χ4n) is 1.13. The lowest BCUT2D eigenvalue weighted by Gasteiger charge is -2.03. The molecule has 0 aliphatic carbocycles. The Hall–Kier alpha value is -1.85. The van der Waals surface area contributed by atoms with Crippen molar-refractivity contribution in [3.8, 4) is 12.1 Å². The molecule has 1 aromatic heterocycles. The monoisotopic (exact) mass is 189 g/mol. The van der Waals surface area contributed by atoms with E-state index in [1.54, 1.807) is 4.57 Å². The van der Waals surface area contributed by atoms with E-state index in [2.05, 4.69) is 10.3 Å². The van der Waals surface area contributed by atoms with Crippen molar-refractivity contribution in [3.63, 3.8) is 0 Å². The quantitative estimate of drug-likeness (QED) is 0.688. The fraction of sp³-hybridized carbons (Fsp3) is 0.444. The van der Waals surface area contributed by atoms with Gasteiger partial charge in [0, 0.05) is 13.1 Å². The number of hydrogen-bond donors (Lipinski definition) is 1. The number of rotatable bonds is 4. The largest absolute Gasteiger partial charge is 0.320 e. The van der Waals surface area contributed by atoms with Crippen molar-refractivity contribution in [2.75, 3.05) is 13.1 Å². The molecule has 0 amide bonds. The Morgan fingerprint density at radius 2 is 2.29 bits per heavy atom. The summed E-state index contributed by atoms with van der Waals surface area (Å²) in [6.07, 6.45) is 1.52. The standard InChI is InChI=1S/C9H11N5/c1-2-12-3-4-14-7-13-8(5-10)9(14)6-11/h7,12H,2-4H2,1H3. The summed E-state index contributed by atoms with van der Waals surface area (Å²) in [4.78, 5) is 3.84. The van der Waals surface area contributed by atoms with Crippen LogP contribution in [0.3, 0.4) is 0 Å². The second-order valence-electron chi connectivity index (χ2n) is 2.71. The van der Waals surface area contributed by atoms with Gasteiger partial charge in [0.1, 0.15) is 12.1 Å². The van der Waals surface area contributed by atoms with Gasteiger partial charge in [0.25, 0.3) is 0 Å². The summed E-state index contributed by atoms with van der Waals surface area (Å²) in [5.74, 6) is 0. The van der Waals surface area contributed by atoms with Crippen LogP contribution in [0, 0.1) is 22.7 Å². The normalized spacial score (nSPS) is 9.36. The molecular weight excluding hydrogens is 178 g/mol. The van der Waals surface area contributed by atoms with E-state index in [4.69, 9.17) is 10.5 Å². The highest BCUT2D eigenvalue weighted by atomic mass is 15.1. The van der Waals surface area contributed by atoms with Crippen molar-refractivity contribution in [1.29, 1.82) is 10.5 Å². The maximum absolute atomic E-state index is 8.79. The van der Waals surface area contributed by atoms with E-state index in [0.717, 1.165) is 13.1 Å². The van der Waals surface area contributed by atoms with Gasteiger partial charge in [-0.2, -0.15) is 10.5 Å². The Kier molecular flexibility index (Phi) is 3.66. The Morgan fingerprint density at radius 3 is 2.86 bits per heavy atom. The predicted molar refractivity (Wildman–Crippen MR) is 50.2 cm³/mol. The Balaban J connectivity index is 2.74. The molecular formula is C9H11N5. The van der Waals surface area contributed by atoms with Gasteiger partial charge in [-0.05, 0) is 6.54 Å². The molecule has 0 aliphatic heterocycles. The first kappa shape index (κ1) is 10.2. The molecule has 0 unspecified atom stereocenters. The smallest absolute Gasteiger partial charge is 0.176 e. The lowest BCUT2D eigenvalue weighted by Crippen LogP contribution is -2.19. The number of aromatic nitrogens is 2. The van der Waals surface area contributed by atoms with Crippen LogP contribution in [0.15, 0.2) is 6.33 Å². The average Bonchev–Trinajstić information content (AvgIpc) is 2.60. The summed E-state index contributed by atoms with van der Waals surface area (Å²) < 4.78 is 1.68. The van der Waals surface area contributed by atoms with E-state index in [-0.39, 0.29) is 5.69 Å². The van der Waals surface area contributed by atoms with Crippen molar-refractivity contribution in [2.45, 2.75) is 13.5 Å². The molecule has 0 saturated heterocycles. The van der Waals surface area contributed by atoms with Crippen molar-refractivity contribution < 1.29 is 0 Å². The summed E-state index contributed by atoms with van der Waals surface area (Å²) in [5.41, 5.74) is 0.536. The first-order valence-corrected chi connectivity index (χ1v) is 4.39. The number of nitriles is 2. The van der Waals surface area contributed by atoms with Gasteiger partial charge in [-0.1, -0.05) is 6.92 Å². The van der Waals surface area contributed by atoms with Crippen molar-refractivity contribution in [2.24, 2.45) is 0 Å². The number of nitrogens with one attached hydrogen (secondary N) is 1. The minimum atomic E-state index is 0.198. The molecule has 0 radical (unpaired) electrons. The maximum atomic E-state index is 8.79. The van der Waals surface area contributed by atoms with E-state index in [1.807, 2.05) is 19.1 Å². The van der Waals surface area contributed by atoms with Gasteiger partial charge in [0.15, 0.2) is 11.4 Å². The molecule has 0 aliphatic rings. The molecule has 5 heteroatoms. The summed E-state index contributed by atoms with van der Waals surface area (Å²) >= 11 is 0. The third kappa shape index (κ3) is 2.09. The van der Waals surface area contributed by atoms with Crippen LogP contribution in [0.1, 0.15) is 18.3 Å². The number of nitrogens with zero attached hydrogens (tertiary/aromatic N) is 4. The average molecular weight is 189 g/mol. The van der Waals surface area contributed by atoms with E-state index >= 15 is 0 Å². The third-order valence-corrected chi connectivity index (χ3v) is 1.83. The molecule has 0 atom stereocenters. The molecule has 0 aromatic carbocycles. The predicted octanol–water partition coefficient (Wildman–Crippen LogP) is 0.236. The maximum Gasteiger partial charge on any atom is 0.176 e. The van der Waals surface area contributed by atoms with E-state index in [1.165, 1.54) is 6.33 Å². The molecule has 0 saturated carbocycles. The number of imidazole rings is 1. The molecule has 1 N–H and O–H groups in total. The van der Waals surface area contributed by atoms with Crippen molar-refractivity contribution in [3.05, 3.63) is 17.7 Å². The molecule has 0 bridgehead atoms. The topological polar surface area (TPSA) is 77.4 Å². The molecule has 0 fully saturated rings. The second kappa shape index (κ2) is 5.00. The highest BCUT2D eigenvalue weighted by Crippen LogP contribution is 2.03. The first-order chi connectivity index (χ1) is 6.83. The minimum absolute atomic E-state index is 0.198. The highest BCUT2D eigenvalue weighted by molar-refractivity contribution is 5.35. The summed E-state index contributed by atoms with van der Waals surface area (Å²) in [6, 6.07) is 3.85. The van der Waals surface area contributed by atoms with Gasteiger partial charge < -0.3 is 9.88 Å². The summed E-state index contributed by atoms with van der Waals surface area (Å²) in [6.45, 7) is 4.33. The van der Waals surface area contributed by atoms with Crippen molar-refractivity contribution >= 4 is 0 Å². The van der Waals surface area contributed by atoms with Crippen LogP contribution in [-0.2, 0) is 6.54 Å². The zero-order chi connectivity index (χ0) is 10.4. The van der Waals surface area contributed by atoms with Crippen LogP contribution < -0.4 is 5.32 Å². The Labute approximate surface area is 82.6 Å². The van der Waals surface area contributed by atoms with E-state index in [9.17, 15) is 0 Å². The van der Waals surface area contributed by atoms with Crippen LogP contribution in [0.4, 0.5) is 0 Å². The molecule has 1 aromatic rings. The zero-order valence-corrected chi connectivity index (χ0v) is 7.99.